The number of aromatic nitrogens is 3. The van der Waals surface area contributed by atoms with Gasteiger partial charge in [-0.15, -0.1) is 11.3 Å². The lowest BCUT2D eigenvalue weighted by Gasteiger charge is -2.32. The first-order valence-electron chi connectivity index (χ1n) is 14.4. The number of nitrogens with zero attached hydrogens (tertiary/aromatic N) is 4. The molecule has 234 valence electrons. The van der Waals surface area contributed by atoms with Crippen LogP contribution in [-0.4, -0.2) is 62.8 Å². The van der Waals surface area contributed by atoms with Gasteiger partial charge in [0.15, 0.2) is 0 Å². The maximum absolute atomic E-state index is 14.2. The Bertz CT molecular complexity index is 1800. The van der Waals surface area contributed by atoms with E-state index < -0.39 is 28.9 Å². The summed E-state index contributed by atoms with van der Waals surface area (Å²) >= 11 is 1.18. The zero-order valence-electron chi connectivity index (χ0n) is 25.4. The fraction of sp³-hybridized carbons (Fsp3) is 0.452. The van der Waals surface area contributed by atoms with Crippen molar-refractivity contribution in [3.05, 3.63) is 68.7 Å². The number of hydrogen-bond acceptors (Lipinski definition) is 9. The molecule has 1 aromatic carbocycles. The maximum Gasteiger partial charge on any atom is 0.333 e. The molecule has 4 heterocycles. The number of carboxylic acids is 1. The van der Waals surface area contributed by atoms with Gasteiger partial charge in [-0.1, -0.05) is 18.2 Å². The van der Waals surface area contributed by atoms with Crippen molar-refractivity contribution in [3.63, 3.8) is 0 Å². The summed E-state index contributed by atoms with van der Waals surface area (Å²) in [5, 5.41) is 10.3. The molecule has 1 N–H and O–H groups in total. The number of carbonyl (C=O) groups is 2. The highest BCUT2D eigenvalue weighted by molar-refractivity contribution is 7.22. The number of carboxylic acid groups (broad SMARTS) is 1. The molecular formula is C31H36N4O8S. The molecule has 1 aliphatic heterocycles. The molecule has 5 rings (SSSR count). The number of aliphatic carboxylic acids is 1. The third-order valence-electron chi connectivity index (χ3n) is 8.35. The van der Waals surface area contributed by atoms with Crippen molar-refractivity contribution in [1.29, 1.82) is 0 Å². The quantitative estimate of drug-likeness (QED) is 0.276. The molecule has 0 radical (unpaired) electrons. The van der Waals surface area contributed by atoms with E-state index in [0.717, 1.165) is 17.4 Å². The van der Waals surface area contributed by atoms with Gasteiger partial charge in [-0.25, -0.2) is 19.1 Å². The molecule has 1 fully saturated rings. The molecule has 0 saturated carbocycles. The second-order valence-electron chi connectivity index (χ2n) is 11.5. The minimum Gasteiger partial charge on any atom is -0.496 e. The smallest absolute Gasteiger partial charge is 0.333 e. The largest absolute Gasteiger partial charge is 0.496 e. The summed E-state index contributed by atoms with van der Waals surface area (Å²) in [6.45, 7) is 7.60. The number of fused-ring (bicyclic) bond motifs is 1. The summed E-state index contributed by atoms with van der Waals surface area (Å²) in [6.07, 6.45) is 3.78. The van der Waals surface area contributed by atoms with Crippen molar-refractivity contribution in [2.75, 3.05) is 26.8 Å². The van der Waals surface area contributed by atoms with Crippen molar-refractivity contribution in [1.82, 2.24) is 19.0 Å². The van der Waals surface area contributed by atoms with Crippen LogP contribution in [0.4, 0.5) is 0 Å². The van der Waals surface area contributed by atoms with Crippen LogP contribution < -0.4 is 16.0 Å². The van der Waals surface area contributed by atoms with Crippen molar-refractivity contribution >= 4 is 33.4 Å². The number of ether oxygens (including phenoxy) is 2. The average molecular weight is 625 g/mol. The number of carbonyl (C=O) groups excluding carboxylic acids is 1. The third kappa shape index (κ3) is 5.69. The minimum absolute atomic E-state index is 0.0248. The van der Waals surface area contributed by atoms with Crippen LogP contribution in [0.2, 0.25) is 0 Å². The van der Waals surface area contributed by atoms with Gasteiger partial charge in [0.25, 0.3) is 5.56 Å². The molecular weight excluding hydrogens is 588 g/mol. The van der Waals surface area contributed by atoms with E-state index in [2.05, 4.69) is 4.98 Å². The fourth-order valence-corrected chi connectivity index (χ4v) is 6.88. The SMILES string of the molecule is COc1ccccc1C(Cn1c(=O)n(C(C)(C)C(=O)O)c(=O)c2c(C)c(-c3ncco3)sc21)OCC1CCN(C(C)=O)CC1. The topological polar surface area (TPSA) is 146 Å². The van der Waals surface area contributed by atoms with E-state index in [4.69, 9.17) is 13.9 Å². The number of methoxy groups -OCH3 is 1. The Balaban J connectivity index is 1.64. The second-order valence-corrected chi connectivity index (χ2v) is 12.5. The molecule has 1 atom stereocenters. The van der Waals surface area contributed by atoms with Crippen molar-refractivity contribution in [2.24, 2.45) is 5.92 Å². The minimum atomic E-state index is -1.84. The number of thiophene rings is 1. The maximum atomic E-state index is 14.2. The van der Waals surface area contributed by atoms with Crippen LogP contribution in [0.15, 0.2) is 50.7 Å². The summed E-state index contributed by atoms with van der Waals surface area (Å²) < 4.78 is 19.9. The first-order chi connectivity index (χ1) is 20.9. The first kappa shape index (κ1) is 31.2. The molecule has 44 heavy (non-hydrogen) atoms. The van der Waals surface area contributed by atoms with Crippen LogP contribution in [0.3, 0.4) is 0 Å². The summed E-state index contributed by atoms with van der Waals surface area (Å²) in [5.74, 6) is -0.219. The van der Waals surface area contributed by atoms with E-state index in [1.54, 1.807) is 27.0 Å². The summed E-state index contributed by atoms with van der Waals surface area (Å²) in [6, 6.07) is 7.35. The molecule has 1 unspecified atom stereocenters. The Labute approximate surface area is 257 Å². The van der Waals surface area contributed by atoms with Crippen LogP contribution in [0.5, 0.6) is 5.75 Å². The predicted octanol–water partition coefficient (Wildman–Crippen LogP) is 4.03. The van der Waals surface area contributed by atoms with Crippen molar-refractivity contribution in [2.45, 2.75) is 58.7 Å². The highest BCUT2D eigenvalue weighted by atomic mass is 32.1. The van der Waals surface area contributed by atoms with E-state index in [-0.39, 0.29) is 23.8 Å². The standard InChI is InChI=1S/C31H36N4O8S/c1-18-24-27(37)35(31(3,4)29(38)39)30(40)34(28(24)44-25(18)26-32-12-15-42-26)16-23(21-8-6-7-9-22(21)41-5)43-17-20-10-13-33(14-11-20)19(2)36/h6-9,12,15,20,23H,10-11,13-14,16-17H2,1-5H3,(H,38,39). The number of oxazole rings is 1. The summed E-state index contributed by atoms with van der Waals surface area (Å²) in [4.78, 5) is 59.2. The molecule has 3 aromatic heterocycles. The van der Waals surface area contributed by atoms with E-state index in [9.17, 15) is 24.3 Å². The van der Waals surface area contributed by atoms with Crippen LogP contribution in [0.1, 0.15) is 50.8 Å². The lowest BCUT2D eigenvalue weighted by atomic mass is 9.97. The van der Waals surface area contributed by atoms with E-state index in [1.165, 1.54) is 42.2 Å². The monoisotopic (exact) mass is 624 g/mol. The lowest BCUT2D eigenvalue weighted by molar-refractivity contribution is -0.146. The highest BCUT2D eigenvalue weighted by Crippen LogP contribution is 2.37. The van der Waals surface area contributed by atoms with Crippen molar-refractivity contribution < 1.29 is 28.6 Å². The summed E-state index contributed by atoms with van der Waals surface area (Å²) in [7, 11) is 1.55. The highest BCUT2D eigenvalue weighted by Gasteiger charge is 2.36. The van der Waals surface area contributed by atoms with E-state index in [1.807, 2.05) is 23.1 Å². The second kappa shape index (κ2) is 12.4. The van der Waals surface area contributed by atoms with Gasteiger partial charge in [0.05, 0.1) is 36.7 Å². The molecule has 1 amide bonds. The Morgan fingerprint density at radius 2 is 1.91 bits per heavy atom. The lowest BCUT2D eigenvalue weighted by Crippen LogP contribution is -2.52. The number of rotatable bonds is 10. The van der Waals surface area contributed by atoms with Gasteiger partial charge in [0, 0.05) is 25.6 Å². The molecule has 4 aromatic rings. The average Bonchev–Trinajstić information content (AvgIpc) is 3.65. The predicted molar refractivity (Wildman–Crippen MR) is 164 cm³/mol. The molecule has 1 aliphatic rings. The van der Waals surface area contributed by atoms with Gasteiger partial charge in [-0.2, -0.15) is 0 Å². The number of para-hydroxylation sites is 1. The number of piperidine rings is 1. The Hall–Kier alpha value is -4.23. The van der Waals surface area contributed by atoms with Crippen LogP contribution >= 0.6 is 11.3 Å². The molecule has 1 saturated heterocycles. The number of aryl methyl sites for hydroxylation is 1. The Morgan fingerprint density at radius 3 is 2.52 bits per heavy atom. The Morgan fingerprint density at radius 1 is 1.20 bits per heavy atom. The number of likely N-dealkylation sites (tertiary alicyclic amines) is 1. The van der Waals surface area contributed by atoms with Crippen LogP contribution in [-0.2, 0) is 26.4 Å². The third-order valence-corrected chi connectivity index (χ3v) is 9.65. The van der Waals surface area contributed by atoms with Gasteiger partial charge < -0.3 is 23.9 Å². The molecule has 13 heteroatoms. The zero-order chi connectivity index (χ0) is 31.8. The van der Waals surface area contributed by atoms with Crippen LogP contribution in [0.25, 0.3) is 21.0 Å². The Kier molecular flexibility index (Phi) is 8.80. The van der Waals surface area contributed by atoms with Gasteiger partial charge >= 0.3 is 11.7 Å². The van der Waals surface area contributed by atoms with Gasteiger partial charge in [0.1, 0.15) is 28.5 Å². The molecule has 0 spiro atoms. The van der Waals surface area contributed by atoms with Gasteiger partial charge in [-0.3, -0.25) is 14.2 Å². The molecule has 0 aliphatic carbocycles. The van der Waals surface area contributed by atoms with Gasteiger partial charge in [0.2, 0.25) is 11.8 Å². The molecule has 12 nitrogen and oxygen atoms in total. The molecule has 0 bridgehead atoms. The zero-order valence-corrected chi connectivity index (χ0v) is 26.2. The number of hydrogen-bond donors (Lipinski definition) is 1. The fourth-order valence-electron chi connectivity index (χ4n) is 5.64. The van der Waals surface area contributed by atoms with E-state index >= 15 is 0 Å². The number of amides is 1. The normalized spacial score (nSPS) is 15.1. The first-order valence-corrected chi connectivity index (χ1v) is 15.2. The van der Waals surface area contributed by atoms with E-state index in [0.29, 0.717) is 52.2 Å². The van der Waals surface area contributed by atoms with Crippen molar-refractivity contribution in [3.8, 4) is 16.5 Å². The van der Waals surface area contributed by atoms with Crippen LogP contribution in [0, 0.1) is 12.8 Å². The van der Waals surface area contributed by atoms with Gasteiger partial charge in [-0.05, 0) is 51.2 Å². The number of benzene rings is 1. The summed E-state index contributed by atoms with van der Waals surface area (Å²) in [5.41, 5.74) is -2.08.